The van der Waals surface area contributed by atoms with Crippen LogP contribution in [0.25, 0.3) is 0 Å². The van der Waals surface area contributed by atoms with Crippen LogP contribution < -0.4 is 10.6 Å². The molecule has 0 radical (unpaired) electrons. The maximum Gasteiger partial charge on any atom is 0.243 e. The van der Waals surface area contributed by atoms with Crippen LogP contribution in [-0.2, 0) is 11.3 Å². The van der Waals surface area contributed by atoms with Crippen molar-refractivity contribution in [3.8, 4) is 0 Å². The number of halogens is 1. The first-order valence-electron chi connectivity index (χ1n) is 7.51. The number of guanidine groups is 1. The molecule has 0 aliphatic rings. The summed E-state index contributed by atoms with van der Waals surface area (Å²) < 4.78 is 0. The van der Waals surface area contributed by atoms with Crippen molar-refractivity contribution >= 4 is 47.2 Å². The first-order valence-corrected chi connectivity index (χ1v) is 8.33. The minimum Gasteiger partial charge on any atom is -0.354 e. The van der Waals surface area contributed by atoms with E-state index in [1.54, 1.807) is 25.4 Å². The highest BCUT2D eigenvalue weighted by molar-refractivity contribution is 14.0. The number of nitrogens with one attached hydrogen (secondary N) is 2. The lowest BCUT2D eigenvalue weighted by Gasteiger charge is -2.17. The average Bonchev–Trinajstić information content (AvgIpc) is 2.79. The maximum atomic E-state index is 11.7. The number of rotatable bonds is 6. The molecule has 8 heteroatoms. The summed E-state index contributed by atoms with van der Waals surface area (Å²) in [5.41, 5.74) is 1.07. The lowest BCUT2D eigenvalue weighted by molar-refractivity contribution is -0.127. The normalized spacial score (nSPS) is 12.3. The number of aromatic nitrogens is 1. The number of amides is 1. The van der Waals surface area contributed by atoms with Crippen LogP contribution in [0, 0.1) is 13.8 Å². The lowest BCUT2D eigenvalue weighted by Crippen LogP contribution is -2.42. The van der Waals surface area contributed by atoms with Crippen LogP contribution >= 0.6 is 35.3 Å². The van der Waals surface area contributed by atoms with Gasteiger partial charge in [-0.2, -0.15) is 0 Å². The molecule has 0 aliphatic heterocycles. The summed E-state index contributed by atoms with van der Waals surface area (Å²) >= 11 is 1.68. The fourth-order valence-corrected chi connectivity index (χ4v) is 2.42. The molecule has 0 bridgehead atoms. The smallest absolute Gasteiger partial charge is 0.243 e. The van der Waals surface area contributed by atoms with Gasteiger partial charge in [0.25, 0.3) is 0 Å². The molecular weight excluding hydrogens is 425 g/mol. The highest BCUT2D eigenvalue weighted by Crippen LogP contribution is 2.15. The largest absolute Gasteiger partial charge is 0.354 e. The summed E-state index contributed by atoms with van der Waals surface area (Å²) in [6, 6.07) is 0.292. The third kappa shape index (κ3) is 7.96. The number of aryl methyl sites for hydroxylation is 2. The summed E-state index contributed by atoms with van der Waals surface area (Å²) in [4.78, 5) is 23.3. The predicted octanol–water partition coefficient (Wildman–Crippen LogP) is 2.30. The predicted molar refractivity (Wildman–Crippen MR) is 108 cm³/mol. The van der Waals surface area contributed by atoms with Crippen molar-refractivity contribution in [3.05, 3.63) is 15.6 Å². The highest BCUT2D eigenvalue weighted by Gasteiger charge is 2.09. The van der Waals surface area contributed by atoms with Gasteiger partial charge in [-0.05, 0) is 27.2 Å². The van der Waals surface area contributed by atoms with Crippen LogP contribution in [-0.4, -0.2) is 48.4 Å². The van der Waals surface area contributed by atoms with E-state index in [0.717, 1.165) is 17.1 Å². The molecule has 2 N–H and O–H groups in total. The van der Waals surface area contributed by atoms with Gasteiger partial charge in [0.1, 0.15) is 11.6 Å². The van der Waals surface area contributed by atoms with E-state index in [1.807, 2.05) is 6.92 Å². The van der Waals surface area contributed by atoms with E-state index >= 15 is 0 Å². The monoisotopic (exact) mass is 453 g/mol. The van der Waals surface area contributed by atoms with Crippen LogP contribution in [0.2, 0.25) is 0 Å². The third-order valence-electron chi connectivity index (χ3n) is 3.35. The van der Waals surface area contributed by atoms with E-state index in [0.29, 0.717) is 18.5 Å². The second-order valence-electron chi connectivity index (χ2n) is 5.51. The average molecular weight is 453 g/mol. The van der Waals surface area contributed by atoms with Gasteiger partial charge in [0.15, 0.2) is 5.96 Å². The molecule has 1 aromatic heterocycles. The Morgan fingerprint density at radius 3 is 2.52 bits per heavy atom. The molecule has 0 saturated carbocycles. The van der Waals surface area contributed by atoms with Gasteiger partial charge in [-0.15, -0.1) is 35.3 Å². The molecule has 1 unspecified atom stereocenters. The number of aliphatic imine (C=N–C) groups is 1. The highest BCUT2D eigenvalue weighted by atomic mass is 127. The van der Waals surface area contributed by atoms with Gasteiger partial charge in [-0.3, -0.25) is 4.79 Å². The zero-order valence-electron chi connectivity index (χ0n) is 14.8. The number of likely N-dealkylation sites (N-methyl/N-ethyl adjacent to an activating group) is 1. The van der Waals surface area contributed by atoms with Gasteiger partial charge in [0.2, 0.25) is 5.91 Å². The van der Waals surface area contributed by atoms with E-state index < -0.39 is 0 Å². The molecule has 0 fully saturated rings. The molecule has 0 saturated heterocycles. The molecule has 1 heterocycles. The van der Waals surface area contributed by atoms with Gasteiger partial charge in [-0.1, -0.05) is 6.92 Å². The van der Waals surface area contributed by atoms with Crippen molar-refractivity contribution in [2.75, 3.05) is 20.6 Å². The first-order chi connectivity index (χ1) is 10.3. The standard InChI is InChI=1S/C15H27N5OS.HI/c1-7-10(2)18-15(17-9-14(21)20(5)6)16-8-13-19-11(3)12(4)22-13;/h10H,7-9H2,1-6H3,(H2,16,17,18);1H. The van der Waals surface area contributed by atoms with Crippen molar-refractivity contribution in [2.45, 2.75) is 46.7 Å². The van der Waals surface area contributed by atoms with Gasteiger partial charge in [0, 0.05) is 25.0 Å². The van der Waals surface area contributed by atoms with Crippen LogP contribution in [0.5, 0.6) is 0 Å². The minimum absolute atomic E-state index is 0. The third-order valence-corrected chi connectivity index (χ3v) is 4.42. The fourth-order valence-electron chi connectivity index (χ4n) is 1.55. The zero-order valence-corrected chi connectivity index (χ0v) is 17.9. The quantitative estimate of drug-likeness (QED) is 0.394. The van der Waals surface area contributed by atoms with Crippen molar-refractivity contribution in [1.29, 1.82) is 0 Å². The molecule has 132 valence electrons. The van der Waals surface area contributed by atoms with Crippen LogP contribution in [0.4, 0.5) is 0 Å². The van der Waals surface area contributed by atoms with E-state index in [9.17, 15) is 4.79 Å². The topological polar surface area (TPSA) is 69.6 Å². The molecule has 1 aromatic rings. The molecule has 1 amide bonds. The van der Waals surface area contributed by atoms with Crippen LogP contribution in [0.3, 0.4) is 0 Å². The first kappa shape index (κ1) is 22.1. The molecule has 0 aromatic carbocycles. The number of hydrogen-bond acceptors (Lipinski definition) is 4. The van der Waals surface area contributed by atoms with E-state index in [1.165, 1.54) is 9.78 Å². The Morgan fingerprint density at radius 1 is 1.39 bits per heavy atom. The second kappa shape index (κ2) is 10.8. The SMILES string of the molecule is CCC(C)NC(=NCC(=O)N(C)C)NCc1nc(C)c(C)s1.I. The Hall–Kier alpha value is -0.900. The Morgan fingerprint density at radius 2 is 2.04 bits per heavy atom. The second-order valence-corrected chi connectivity index (χ2v) is 6.80. The molecular formula is C15H28IN5OS. The van der Waals surface area contributed by atoms with Gasteiger partial charge >= 0.3 is 0 Å². The molecule has 1 atom stereocenters. The number of carbonyl (C=O) groups is 1. The Bertz CT molecular complexity index is 510. The summed E-state index contributed by atoms with van der Waals surface area (Å²) in [6.07, 6.45) is 0.984. The lowest BCUT2D eigenvalue weighted by atomic mass is 10.3. The Kier molecular flexibility index (Phi) is 10.4. The number of nitrogens with zero attached hydrogens (tertiary/aromatic N) is 3. The van der Waals surface area contributed by atoms with E-state index in [-0.39, 0.29) is 36.4 Å². The minimum atomic E-state index is -0.0220. The van der Waals surface area contributed by atoms with Crippen molar-refractivity contribution in [2.24, 2.45) is 4.99 Å². The summed E-state index contributed by atoms with van der Waals surface area (Å²) in [7, 11) is 3.46. The Balaban J connectivity index is 0.00000484. The van der Waals surface area contributed by atoms with Gasteiger partial charge < -0.3 is 15.5 Å². The molecule has 0 aliphatic carbocycles. The number of carbonyl (C=O) groups excluding carboxylic acids is 1. The van der Waals surface area contributed by atoms with Crippen LogP contribution in [0.15, 0.2) is 4.99 Å². The Labute approximate surface area is 160 Å². The van der Waals surface area contributed by atoms with Crippen molar-refractivity contribution < 1.29 is 4.79 Å². The van der Waals surface area contributed by atoms with Crippen molar-refractivity contribution in [3.63, 3.8) is 0 Å². The summed E-state index contributed by atoms with van der Waals surface area (Å²) in [6.45, 7) is 9.01. The van der Waals surface area contributed by atoms with Crippen molar-refractivity contribution in [1.82, 2.24) is 20.5 Å². The zero-order chi connectivity index (χ0) is 16.7. The number of hydrogen-bond donors (Lipinski definition) is 2. The van der Waals surface area contributed by atoms with E-state index in [2.05, 4.69) is 41.4 Å². The fraction of sp³-hybridized carbons (Fsp3) is 0.667. The van der Waals surface area contributed by atoms with Crippen LogP contribution in [0.1, 0.15) is 35.8 Å². The van der Waals surface area contributed by atoms with E-state index in [4.69, 9.17) is 0 Å². The van der Waals surface area contributed by atoms with Gasteiger partial charge in [0.05, 0.1) is 12.2 Å². The van der Waals surface area contributed by atoms with Gasteiger partial charge in [-0.25, -0.2) is 9.98 Å². The summed E-state index contributed by atoms with van der Waals surface area (Å²) in [5, 5.41) is 7.57. The molecule has 1 rings (SSSR count). The molecule has 0 spiro atoms. The molecule has 23 heavy (non-hydrogen) atoms. The molecule has 6 nitrogen and oxygen atoms in total. The maximum absolute atomic E-state index is 11.7. The summed E-state index contributed by atoms with van der Waals surface area (Å²) in [5.74, 6) is 0.626. The number of thiazole rings is 1.